The van der Waals surface area contributed by atoms with E-state index in [9.17, 15) is 18.5 Å². The Balaban J connectivity index is 2.11. The molecule has 0 radical (unpaired) electrons. The van der Waals surface area contributed by atoms with Crippen LogP contribution in [0.15, 0.2) is 23.1 Å². The summed E-state index contributed by atoms with van der Waals surface area (Å²) in [6.07, 6.45) is 1.84. The summed E-state index contributed by atoms with van der Waals surface area (Å²) in [5.41, 5.74) is 0.135. The van der Waals surface area contributed by atoms with Crippen LogP contribution in [0.2, 0.25) is 0 Å². The van der Waals surface area contributed by atoms with Gasteiger partial charge < -0.3 is 10.1 Å². The third-order valence-electron chi connectivity index (χ3n) is 3.31. The third kappa shape index (κ3) is 3.67. The van der Waals surface area contributed by atoms with E-state index in [1.807, 2.05) is 0 Å². The second-order valence-electron chi connectivity index (χ2n) is 4.65. The van der Waals surface area contributed by atoms with E-state index in [1.54, 1.807) is 0 Å². The first-order valence-electron chi connectivity index (χ1n) is 6.32. The van der Waals surface area contributed by atoms with Crippen LogP contribution in [0.1, 0.15) is 12.8 Å². The molecule has 0 aromatic heterocycles. The van der Waals surface area contributed by atoms with Crippen molar-refractivity contribution in [3.05, 3.63) is 28.3 Å². The van der Waals surface area contributed by atoms with Crippen molar-refractivity contribution in [3.8, 4) is 0 Å². The molecular weight excluding hydrogens is 284 g/mol. The van der Waals surface area contributed by atoms with Crippen LogP contribution < -0.4 is 5.32 Å². The highest BCUT2D eigenvalue weighted by atomic mass is 32.2. The van der Waals surface area contributed by atoms with Gasteiger partial charge in [-0.3, -0.25) is 10.1 Å². The maximum absolute atomic E-state index is 11.0. The molecule has 1 aromatic carbocycles. The molecule has 0 spiro atoms. The van der Waals surface area contributed by atoms with E-state index >= 15 is 0 Å². The molecule has 20 heavy (non-hydrogen) atoms. The molecule has 0 bridgehead atoms. The molecule has 8 heteroatoms. The molecule has 2 rings (SSSR count). The topological polar surface area (TPSA) is 98.5 Å². The van der Waals surface area contributed by atoms with Crippen molar-refractivity contribution in [2.75, 3.05) is 25.1 Å². The average molecular weight is 300 g/mol. The van der Waals surface area contributed by atoms with Gasteiger partial charge in [-0.05, 0) is 30.9 Å². The first-order valence-corrected chi connectivity index (χ1v) is 7.50. The zero-order chi connectivity index (χ0) is 14.5. The van der Waals surface area contributed by atoms with Gasteiger partial charge in [0.25, 0.3) is 5.69 Å². The second-order valence-corrected chi connectivity index (χ2v) is 5.68. The molecule has 1 heterocycles. The maximum Gasteiger partial charge on any atom is 0.293 e. The first kappa shape index (κ1) is 14.7. The molecule has 1 aliphatic heterocycles. The Morgan fingerprint density at radius 1 is 1.35 bits per heavy atom. The van der Waals surface area contributed by atoms with Gasteiger partial charge in [-0.1, -0.05) is 0 Å². The molecule has 0 aliphatic carbocycles. The summed E-state index contributed by atoms with van der Waals surface area (Å²) in [4.78, 5) is 10.4. The van der Waals surface area contributed by atoms with E-state index in [4.69, 9.17) is 4.74 Å². The summed E-state index contributed by atoms with van der Waals surface area (Å²) in [5, 5.41) is 14.0. The SMILES string of the molecule is O=[N+]([O-])c1cc([SH](=O)=O)ccc1NCC1CCOCC1. The van der Waals surface area contributed by atoms with Crippen LogP contribution in [-0.2, 0) is 15.4 Å². The lowest BCUT2D eigenvalue weighted by atomic mass is 10.0. The molecule has 1 saturated heterocycles. The Kier molecular flexibility index (Phi) is 4.91. The van der Waals surface area contributed by atoms with Crippen LogP contribution in [0, 0.1) is 16.0 Å². The lowest BCUT2D eigenvalue weighted by Gasteiger charge is -2.22. The van der Waals surface area contributed by atoms with Crippen LogP contribution in [0.4, 0.5) is 11.4 Å². The number of nitro benzene ring substituents is 1. The van der Waals surface area contributed by atoms with Crippen molar-refractivity contribution in [3.63, 3.8) is 0 Å². The number of hydrogen-bond acceptors (Lipinski definition) is 6. The fraction of sp³-hybridized carbons (Fsp3) is 0.500. The standard InChI is InChI=1S/C12H16N2O5S/c15-14(16)12-7-10(20(17)18)1-2-11(12)13-8-9-3-5-19-6-4-9/h1-2,7,9,13,20H,3-6,8H2. The molecule has 110 valence electrons. The summed E-state index contributed by atoms with van der Waals surface area (Å²) in [6, 6.07) is 3.89. The normalized spacial score (nSPS) is 16.2. The van der Waals surface area contributed by atoms with Gasteiger partial charge in [-0.25, -0.2) is 8.42 Å². The molecule has 0 atom stereocenters. The van der Waals surface area contributed by atoms with Gasteiger partial charge in [0.1, 0.15) is 5.69 Å². The fourth-order valence-electron chi connectivity index (χ4n) is 2.14. The van der Waals surface area contributed by atoms with Crippen molar-refractivity contribution in [1.82, 2.24) is 0 Å². The minimum Gasteiger partial charge on any atom is -0.381 e. The quantitative estimate of drug-likeness (QED) is 0.484. The highest BCUT2D eigenvalue weighted by Crippen LogP contribution is 2.27. The molecule has 1 aliphatic rings. The van der Waals surface area contributed by atoms with Gasteiger partial charge >= 0.3 is 0 Å². The lowest BCUT2D eigenvalue weighted by Crippen LogP contribution is -2.22. The number of anilines is 1. The summed E-state index contributed by atoms with van der Waals surface area (Å²) in [6.45, 7) is 2.04. The van der Waals surface area contributed by atoms with Crippen molar-refractivity contribution < 1.29 is 18.1 Å². The zero-order valence-electron chi connectivity index (χ0n) is 10.8. The number of nitrogens with one attached hydrogen (secondary N) is 1. The summed E-state index contributed by atoms with van der Waals surface area (Å²) >= 11 is 0. The molecular formula is C12H16N2O5S. The summed E-state index contributed by atoms with van der Waals surface area (Å²) < 4.78 is 27.0. The first-order chi connectivity index (χ1) is 9.58. The minimum absolute atomic E-state index is 0.0525. The molecule has 7 nitrogen and oxygen atoms in total. The number of nitrogens with zero attached hydrogens (tertiary/aromatic N) is 1. The molecule has 1 fully saturated rings. The van der Waals surface area contributed by atoms with Crippen molar-refractivity contribution >= 4 is 22.1 Å². The molecule has 0 unspecified atom stereocenters. The summed E-state index contributed by atoms with van der Waals surface area (Å²) in [5.74, 6) is 0.416. The summed E-state index contributed by atoms with van der Waals surface area (Å²) in [7, 11) is -2.82. The van der Waals surface area contributed by atoms with Crippen LogP contribution in [0.25, 0.3) is 0 Å². The van der Waals surface area contributed by atoms with E-state index in [1.165, 1.54) is 12.1 Å². The number of benzene rings is 1. The molecule has 0 amide bonds. The van der Waals surface area contributed by atoms with Gasteiger partial charge in [0.15, 0.2) is 10.7 Å². The highest BCUT2D eigenvalue weighted by Gasteiger charge is 2.18. The van der Waals surface area contributed by atoms with E-state index in [-0.39, 0.29) is 10.6 Å². The van der Waals surface area contributed by atoms with Gasteiger partial charge in [-0.15, -0.1) is 0 Å². The Morgan fingerprint density at radius 3 is 2.65 bits per heavy atom. The van der Waals surface area contributed by atoms with Crippen LogP contribution in [-0.4, -0.2) is 33.1 Å². The van der Waals surface area contributed by atoms with E-state index in [0.717, 1.165) is 18.9 Å². The molecule has 1 N–H and O–H groups in total. The Hall–Kier alpha value is -1.67. The minimum atomic E-state index is -2.82. The second kappa shape index (κ2) is 6.67. The smallest absolute Gasteiger partial charge is 0.293 e. The Morgan fingerprint density at radius 2 is 2.05 bits per heavy atom. The van der Waals surface area contributed by atoms with E-state index in [2.05, 4.69) is 5.32 Å². The number of nitro groups is 1. The number of thiol groups is 1. The predicted molar refractivity (Wildman–Crippen MR) is 73.7 cm³/mol. The van der Waals surface area contributed by atoms with Crippen molar-refractivity contribution in [2.24, 2.45) is 5.92 Å². The maximum atomic E-state index is 11.0. The zero-order valence-corrected chi connectivity index (χ0v) is 11.7. The fourth-order valence-corrected chi connectivity index (χ4v) is 2.56. The number of rotatable bonds is 5. The monoisotopic (exact) mass is 300 g/mol. The molecule has 1 aromatic rings. The number of hydrogen-bond donors (Lipinski definition) is 2. The highest BCUT2D eigenvalue weighted by molar-refractivity contribution is 7.72. The van der Waals surface area contributed by atoms with Crippen LogP contribution in [0.5, 0.6) is 0 Å². The van der Waals surface area contributed by atoms with Gasteiger partial charge in [0.2, 0.25) is 0 Å². The van der Waals surface area contributed by atoms with E-state index < -0.39 is 15.6 Å². The van der Waals surface area contributed by atoms with Gasteiger partial charge in [0, 0.05) is 25.8 Å². The van der Waals surface area contributed by atoms with Crippen molar-refractivity contribution in [2.45, 2.75) is 17.7 Å². The third-order valence-corrected chi connectivity index (χ3v) is 4.01. The molecule has 0 saturated carbocycles. The van der Waals surface area contributed by atoms with Gasteiger partial charge in [-0.2, -0.15) is 0 Å². The number of ether oxygens (including phenoxy) is 1. The lowest BCUT2D eigenvalue weighted by molar-refractivity contribution is -0.384. The van der Waals surface area contributed by atoms with E-state index in [0.29, 0.717) is 31.4 Å². The van der Waals surface area contributed by atoms with Crippen LogP contribution in [0.3, 0.4) is 0 Å². The Bertz CT molecular complexity index is 559. The van der Waals surface area contributed by atoms with Crippen LogP contribution >= 0.6 is 0 Å². The predicted octanol–water partition coefficient (Wildman–Crippen LogP) is 1.40. The largest absolute Gasteiger partial charge is 0.381 e. The van der Waals surface area contributed by atoms with Gasteiger partial charge in [0.05, 0.1) is 9.82 Å². The van der Waals surface area contributed by atoms with Crippen molar-refractivity contribution in [1.29, 1.82) is 0 Å². The Labute approximate surface area is 118 Å². The average Bonchev–Trinajstić information content (AvgIpc) is 2.45.